The number of ketones is 1. The summed E-state index contributed by atoms with van der Waals surface area (Å²) in [5, 5.41) is 2.39. The van der Waals surface area contributed by atoms with Gasteiger partial charge in [-0.15, -0.1) is 0 Å². The van der Waals surface area contributed by atoms with E-state index in [9.17, 15) is 14.0 Å². The molecule has 1 N–H and O–H groups in total. The zero-order valence-electron chi connectivity index (χ0n) is 12.7. The Morgan fingerprint density at radius 2 is 2.00 bits per heavy atom. The number of methoxy groups -OCH3 is 1. The Balaban J connectivity index is 2.21. The van der Waals surface area contributed by atoms with Gasteiger partial charge in [0.1, 0.15) is 5.75 Å². The van der Waals surface area contributed by atoms with Crippen molar-refractivity contribution in [1.82, 2.24) is 0 Å². The zero-order chi connectivity index (χ0) is 17.0. The number of nitrogens with one attached hydrogen (secondary N) is 1. The Bertz CT molecular complexity index is 761. The number of rotatable bonds is 5. The van der Waals surface area contributed by atoms with E-state index in [1.54, 1.807) is 18.2 Å². The summed E-state index contributed by atoms with van der Waals surface area (Å²) in [5.41, 5.74) is 1.02. The van der Waals surface area contributed by atoms with E-state index in [0.717, 1.165) is 0 Å². The molecule has 0 bridgehead atoms. The standard InChI is InChI=1S/C17H15ClFNO3/c1-10(21)11-6-7-15(23-2)12(8-11)9-16(22)20-14-5-3-4-13(18)17(14)19/h3-8H,9H2,1-2H3,(H,20,22). The number of carbonyl (C=O) groups excluding carboxylic acids is 2. The Morgan fingerprint density at radius 1 is 1.26 bits per heavy atom. The van der Waals surface area contributed by atoms with Gasteiger partial charge in [0.15, 0.2) is 11.6 Å². The van der Waals surface area contributed by atoms with Crippen LogP contribution in [0.15, 0.2) is 36.4 Å². The number of anilines is 1. The van der Waals surface area contributed by atoms with Crippen molar-refractivity contribution in [2.45, 2.75) is 13.3 Å². The molecule has 0 spiro atoms. The van der Waals surface area contributed by atoms with Crippen LogP contribution < -0.4 is 10.1 Å². The fraction of sp³-hybridized carbons (Fsp3) is 0.176. The maximum Gasteiger partial charge on any atom is 0.229 e. The highest BCUT2D eigenvalue weighted by atomic mass is 35.5. The van der Waals surface area contributed by atoms with Crippen molar-refractivity contribution in [3.63, 3.8) is 0 Å². The van der Waals surface area contributed by atoms with Crippen molar-refractivity contribution >= 4 is 29.0 Å². The van der Waals surface area contributed by atoms with Gasteiger partial charge >= 0.3 is 0 Å². The van der Waals surface area contributed by atoms with Crippen LogP contribution in [0.1, 0.15) is 22.8 Å². The molecule has 0 aliphatic carbocycles. The van der Waals surface area contributed by atoms with Crippen LogP contribution in [0.5, 0.6) is 5.75 Å². The second-order valence-electron chi connectivity index (χ2n) is 4.91. The minimum Gasteiger partial charge on any atom is -0.496 e. The molecule has 0 radical (unpaired) electrons. The van der Waals surface area contributed by atoms with Crippen molar-refractivity contribution in [1.29, 1.82) is 0 Å². The van der Waals surface area contributed by atoms with Crippen LogP contribution >= 0.6 is 11.6 Å². The van der Waals surface area contributed by atoms with Crippen LogP contribution in [0.3, 0.4) is 0 Å². The molecule has 0 unspecified atom stereocenters. The molecule has 0 saturated carbocycles. The number of ether oxygens (including phenoxy) is 1. The molecule has 4 nitrogen and oxygen atoms in total. The monoisotopic (exact) mass is 335 g/mol. The first-order chi connectivity index (χ1) is 10.9. The smallest absolute Gasteiger partial charge is 0.229 e. The molecular formula is C17H15ClFNO3. The SMILES string of the molecule is COc1ccc(C(C)=O)cc1CC(=O)Nc1cccc(Cl)c1F. The number of hydrogen-bond donors (Lipinski definition) is 1. The van der Waals surface area contributed by atoms with Gasteiger partial charge in [0.2, 0.25) is 5.91 Å². The quantitative estimate of drug-likeness (QED) is 0.844. The van der Waals surface area contributed by atoms with E-state index in [4.69, 9.17) is 16.3 Å². The van der Waals surface area contributed by atoms with E-state index >= 15 is 0 Å². The highest BCUT2D eigenvalue weighted by Crippen LogP contribution is 2.24. The maximum absolute atomic E-state index is 13.8. The molecule has 0 atom stereocenters. The first kappa shape index (κ1) is 17.0. The first-order valence-electron chi connectivity index (χ1n) is 6.84. The molecule has 0 aromatic heterocycles. The molecule has 2 aromatic rings. The Kier molecular flexibility index (Phi) is 5.34. The lowest BCUT2D eigenvalue weighted by atomic mass is 10.0. The van der Waals surface area contributed by atoms with Gasteiger partial charge in [0.25, 0.3) is 0 Å². The molecule has 0 saturated heterocycles. The molecule has 120 valence electrons. The fourth-order valence-electron chi connectivity index (χ4n) is 2.10. The average Bonchev–Trinajstić information content (AvgIpc) is 2.51. The summed E-state index contributed by atoms with van der Waals surface area (Å²) in [7, 11) is 1.47. The Hall–Kier alpha value is -2.40. The van der Waals surface area contributed by atoms with Gasteiger partial charge in [-0.25, -0.2) is 4.39 Å². The maximum atomic E-state index is 13.8. The van der Waals surface area contributed by atoms with Gasteiger partial charge in [-0.3, -0.25) is 9.59 Å². The largest absolute Gasteiger partial charge is 0.496 e. The third-order valence-electron chi connectivity index (χ3n) is 3.26. The van der Waals surface area contributed by atoms with Gasteiger partial charge in [-0.05, 0) is 37.3 Å². The highest BCUT2D eigenvalue weighted by molar-refractivity contribution is 6.31. The number of hydrogen-bond acceptors (Lipinski definition) is 3. The van der Waals surface area contributed by atoms with Crippen LogP contribution in [-0.4, -0.2) is 18.8 Å². The molecule has 6 heteroatoms. The summed E-state index contributed by atoms with van der Waals surface area (Å²) >= 11 is 5.68. The van der Waals surface area contributed by atoms with Crippen molar-refractivity contribution in [2.75, 3.05) is 12.4 Å². The van der Waals surface area contributed by atoms with E-state index < -0.39 is 11.7 Å². The minimum absolute atomic E-state index is 0.00388. The van der Waals surface area contributed by atoms with Crippen molar-refractivity contribution < 1.29 is 18.7 Å². The van der Waals surface area contributed by atoms with Crippen molar-refractivity contribution in [3.8, 4) is 5.75 Å². The lowest BCUT2D eigenvalue weighted by Gasteiger charge is -2.11. The number of carbonyl (C=O) groups is 2. The van der Waals surface area contributed by atoms with Gasteiger partial charge in [-0.2, -0.15) is 0 Å². The summed E-state index contributed by atoms with van der Waals surface area (Å²) in [6.07, 6.45) is -0.0593. The lowest BCUT2D eigenvalue weighted by Crippen LogP contribution is -2.16. The molecule has 2 rings (SSSR count). The van der Waals surface area contributed by atoms with E-state index in [1.165, 1.54) is 32.2 Å². The predicted octanol–water partition coefficient (Wildman–Crippen LogP) is 3.87. The summed E-state index contributed by atoms with van der Waals surface area (Å²) in [6, 6.07) is 9.19. The second-order valence-corrected chi connectivity index (χ2v) is 5.32. The normalized spacial score (nSPS) is 10.3. The third-order valence-corrected chi connectivity index (χ3v) is 3.56. The van der Waals surface area contributed by atoms with E-state index in [0.29, 0.717) is 16.9 Å². The number of benzene rings is 2. The summed E-state index contributed by atoms with van der Waals surface area (Å²) in [6.45, 7) is 1.44. The fourth-order valence-corrected chi connectivity index (χ4v) is 2.28. The first-order valence-corrected chi connectivity index (χ1v) is 7.22. The molecule has 23 heavy (non-hydrogen) atoms. The molecule has 0 aliphatic heterocycles. The molecule has 0 fully saturated rings. The van der Waals surface area contributed by atoms with Crippen LogP contribution in [0.2, 0.25) is 5.02 Å². The van der Waals surface area contributed by atoms with E-state index in [2.05, 4.69) is 5.32 Å². The lowest BCUT2D eigenvalue weighted by molar-refractivity contribution is -0.115. The van der Waals surface area contributed by atoms with Crippen LogP contribution in [0.25, 0.3) is 0 Å². The number of Topliss-reactive ketones (excluding diaryl/α,β-unsaturated/α-hetero) is 1. The molecule has 2 aromatic carbocycles. The van der Waals surface area contributed by atoms with Gasteiger partial charge in [0, 0.05) is 11.1 Å². The third kappa shape index (κ3) is 4.07. The van der Waals surface area contributed by atoms with Crippen molar-refractivity contribution in [2.24, 2.45) is 0 Å². The molecule has 1 amide bonds. The van der Waals surface area contributed by atoms with Gasteiger partial charge in [0.05, 0.1) is 24.2 Å². The second kappa shape index (κ2) is 7.24. The van der Waals surface area contributed by atoms with Crippen LogP contribution in [-0.2, 0) is 11.2 Å². The topological polar surface area (TPSA) is 55.4 Å². The van der Waals surface area contributed by atoms with Crippen molar-refractivity contribution in [3.05, 3.63) is 58.4 Å². The summed E-state index contributed by atoms with van der Waals surface area (Å²) < 4.78 is 19.0. The summed E-state index contributed by atoms with van der Waals surface area (Å²) in [5.74, 6) is -0.760. The average molecular weight is 336 g/mol. The van der Waals surface area contributed by atoms with Crippen LogP contribution in [0, 0.1) is 5.82 Å². The van der Waals surface area contributed by atoms with Gasteiger partial charge < -0.3 is 10.1 Å². The zero-order valence-corrected chi connectivity index (χ0v) is 13.4. The van der Waals surface area contributed by atoms with Crippen LogP contribution in [0.4, 0.5) is 10.1 Å². The molecule has 0 heterocycles. The Morgan fingerprint density at radius 3 is 2.65 bits per heavy atom. The number of halogens is 2. The summed E-state index contributed by atoms with van der Waals surface area (Å²) in [4.78, 5) is 23.6. The van der Waals surface area contributed by atoms with Gasteiger partial charge in [-0.1, -0.05) is 17.7 Å². The predicted molar refractivity (Wildman–Crippen MR) is 86.7 cm³/mol. The highest BCUT2D eigenvalue weighted by Gasteiger charge is 2.14. The number of amides is 1. The molecular weight excluding hydrogens is 321 g/mol. The van der Waals surface area contributed by atoms with E-state index in [1.807, 2.05) is 0 Å². The minimum atomic E-state index is -0.688. The molecule has 0 aliphatic rings. The van der Waals surface area contributed by atoms with E-state index in [-0.39, 0.29) is 22.9 Å². The Labute approximate surface area is 138 Å².